The molecule has 4 rings (SSSR count). The second-order valence-electron chi connectivity index (χ2n) is 11.4. The Morgan fingerprint density at radius 2 is 1.39 bits per heavy atom. The van der Waals surface area contributed by atoms with Crippen LogP contribution in [0.15, 0.2) is 24.3 Å². The van der Waals surface area contributed by atoms with Gasteiger partial charge in [-0.1, -0.05) is 6.42 Å². The summed E-state index contributed by atoms with van der Waals surface area (Å²) in [4.78, 5) is 5.18. The number of benzene rings is 2. The van der Waals surface area contributed by atoms with Gasteiger partial charge in [-0.25, -0.2) is 0 Å². The normalized spacial score (nSPS) is 21.3. The third kappa shape index (κ3) is 6.39. The predicted octanol–water partition coefficient (Wildman–Crippen LogP) is 5.19. The van der Waals surface area contributed by atoms with Gasteiger partial charge < -0.3 is 19.1 Å². The van der Waals surface area contributed by atoms with Crippen molar-refractivity contribution in [3.05, 3.63) is 46.5 Å². The molecular weight excluding hydrogens is 491 g/mol. The largest absolute Gasteiger partial charge is 0.496 e. The average molecular weight is 541 g/mol. The maximum atomic E-state index is 5.75. The molecule has 1 saturated heterocycles. The van der Waals surface area contributed by atoms with Gasteiger partial charge in [0.1, 0.15) is 11.5 Å². The van der Waals surface area contributed by atoms with Crippen LogP contribution in [0.25, 0.3) is 0 Å². The first-order chi connectivity index (χ1) is 18.2. The first-order valence-corrected chi connectivity index (χ1v) is 15.8. The van der Waals surface area contributed by atoms with Crippen LogP contribution in [0.4, 0.5) is 0 Å². The quantitative estimate of drug-likeness (QED) is 0.388. The summed E-state index contributed by atoms with van der Waals surface area (Å²) in [6.07, 6.45) is 3.93. The lowest BCUT2D eigenvalue weighted by Gasteiger charge is -2.38. The zero-order chi connectivity index (χ0) is 27.4. The summed E-state index contributed by atoms with van der Waals surface area (Å²) in [5.41, 5.74) is 5.61. The second kappa shape index (κ2) is 13.1. The topological polar surface area (TPSA) is 34.2 Å². The van der Waals surface area contributed by atoms with E-state index in [1.54, 1.807) is 14.2 Å². The van der Waals surface area contributed by atoms with Gasteiger partial charge in [0, 0.05) is 32.2 Å². The first-order valence-electron chi connectivity index (χ1n) is 14.3. The lowest BCUT2D eigenvalue weighted by Crippen LogP contribution is -2.45. The third-order valence-electron chi connectivity index (χ3n) is 8.91. The summed E-state index contributed by atoms with van der Waals surface area (Å²) >= 11 is 0. The van der Waals surface area contributed by atoms with Crippen LogP contribution >= 0.6 is 7.92 Å². The highest BCUT2D eigenvalue weighted by atomic mass is 31.1. The molecule has 0 spiro atoms. The van der Waals surface area contributed by atoms with E-state index < -0.39 is 7.92 Å². The first kappa shape index (κ1) is 29.3. The summed E-state index contributed by atoms with van der Waals surface area (Å²) in [6.45, 7) is 17.4. The highest BCUT2D eigenvalue weighted by Crippen LogP contribution is 2.52. The van der Waals surface area contributed by atoms with Gasteiger partial charge in [-0.3, -0.25) is 4.90 Å². The maximum absolute atomic E-state index is 5.75. The molecule has 2 aliphatic rings. The monoisotopic (exact) mass is 540 g/mol. The number of aryl methyl sites for hydroxylation is 4. The van der Waals surface area contributed by atoms with Gasteiger partial charge in [-0.05, 0) is 131 Å². The molecule has 5 nitrogen and oxygen atoms in total. The zero-order valence-corrected chi connectivity index (χ0v) is 25.9. The van der Waals surface area contributed by atoms with E-state index in [2.05, 4.69) is 75.7 Å². The molecule has 2 unspecified atom stereocenters. The molecule has 0 bridgehead atoms. The van der Waals surface area contributed by atoms with Crippen LogP contribution in [0.5, 0.6) is 11.5 Å². The van der Waals surface area contributed by atoms with Gasteiger partial charge in [0.25, 0.3) is 0 Å². The molecule has 3 atom stereocenters. The molecular formula is C32H49N2O3P. The number of likely N-dealkylation sites (N-methyl/N-ethyl adjacent to an activating group) is 1. The Morgan fingerprint density at radius 3 is 1.87 bits per heavy atom. The molecule has 6 heteroatoms. The fraction of sp³-hybridized carbons (Fsp3) is 0.625. The van der Waals surface area contributed by atoms with Gasteiger partial charge in [0.15, 0.2) is 0 Å². The molecule has 1 heterocycles. The summed E-state index contributed by atoms with van der Waals surface area (Å²) < 4.78 is 17.1. The fourth-order valence-corrected chi connectivity index (χ4v) is 10.4. The molecule has 38 heavy (non-hydrogen) atoms. The number of hydrogen-bond acceptors (Lipinski definition) is 5. The van der Waals surface area contributed by atoms with Crippen LogP contribution in [0.2, 0.25) is 0 Å². The molecule has 1 aliphatic carbocycles. The Labute approximate surface area is 232 Å². The van der Waals surface area contributed by atoms with E-state index in [9.17, 15) is 0 Å². The van der Waals surface area contributed by atoms with E-state index in [1.165, 1.54) is 52.1 Å². The van der Waals surface area contributed by atoms with Crippen molar-refractivity contribution in [2.75, 3.05) is 60.7 Å². The van der Waals surface area contributed by atoms with Crippen molar-refractivity contribution in [3.8, 4) is 11.5 Å². The van der Waals surface area contributed by atoms with Gasteiger partial charge in [-0.15, -0.1) is 0 Å². The van der Waals surface area contributed by atoms with Crippen molar-refractivity contribution in [3.63, 3.8) is 0 Å². The third-order valence-corrected chi connectivity index (χ3v) is 11.8. The highest BCUT2D eigenvalue weighted by Gasteiger charge is 2.39. The molecule has 1 saturated carbocycles. The lowest BCUT2D eigenvalue weighted by molar-refractivity contribution is 0.0315. The predicted molar refractivity (Wildman–Crippen MR) is 162 cm³/mol. The Balaban J connectivity index is 1.66. The average Bonchev–Trinajstić information content (AvgIpc) is 3.36. The van der Waals surface area contributed by atoms with Gasteiger partial charge >= 0.3 is 0 Å². The van der Waals surface area contributed by atoms with E-state index in [0.717, 1.165) is 50.9 Å². The number of rotatable bonds is 10. The van der Waals surface area contributed by atoms with Gasteiger partial charge in [-0.2, -0.15) is 0 Å². The number of nitrogens with zero attached hydrogens (tertiary/aromatic N) is 2. The van der Waals surface area contributed by atoms with Crippen LogP contribution < -0.4 is 20.1 Å². The Morgan fingerprint density at radius 1 is 0.895 bits per heavy atom. The van der Waals surface area contributed by atoms with Crippen LogP contribution in [-0.2, 0) is 4.74 Å². The standard InChI is InChI=1S/C32H49N2O3P/c1-22-18-27(19-23(2)31(22)35-7)38(28-20-24(3)32(36-8)25(4)21-28)30-11-9-10-29(30)26(5)33(6)12-13-34-14-16-37-17-15-34/h18-21,26,29-30H,9-17H2,1-8H3/t26-,29?,30?/m1/s1. The Kier molecular flexibility index (Phi) is 10.1. The fourth-order valence-electron chi connectivity index (χ4n) is 6.82. The molecule has 0 aromatic heterocycles. The molecule has 2 fully saturated rings. The SMILES string of the molecule is COc1c(C)cc(P(c2cc(C)c(OC)c(C)c2)C2CCCC2[C@@H](C)N(C)CCN2CCOCC2)cc1C. The number of ether oxygens (including phenoxy) is 3. The lowest BCUT2D eigenvalue weighted by atomic mass is 9.98. The van der Waals surface area contributed by atoms with E-state index in [4.69, 9.17) is 14.2 Å². The van der Waals surface area contributed by atoms with Crippen molar-refractivity contribution < 1.29 is 14.2 Å². The van der Waals surface area contributed by atoms with Crippen LogP contribution in [0.1, 0.15) is 48.4 Å². The van der Waals surface area contributed by atoms with Crippen LogP contribution in [0, 0.1) is 33.6 Å². The maximum Gasteiger partial charge on any atom is 0.124 e. The van der Waals surface area contributed by atoms with Crippen LogP contribution in [0.3, 0.4) is 0 Å². The minimum atomic E-state index is -0.534. The molecule has 0 N–H and O–H groups in total. The van der Waals surface area contributed by atoms with E-state index in [-0.39, 0.29) is 0 Å². The highest BCUT2D eigenvalue weighted by molar-refractivity contribution is 7.73. The summed E-state index contributed by atoms with van der Waals surface area (Å²) in [5.74, 6) is 2.72. The number of hydrogen-bond donors (Lipinski definition) is 0. The number of morpholine rings is 1. The van der Waals surface area contributed by atoms with Crippen molar-refractivity contribution in [2.24, 2.45) is 5.92 Å². The van der Waals surface area contributed by atoms with Crippen molar-refractivity contribution in [1.82, 2.24) is 9.80 Å². The number of methoxy groups -OCH3 is 2. The van der Waals surface area contributed by atoms with Gasteiger partial charge in [0.2, 0.25) is 0 Å². The van der Waals surface area contributed by atoms with Crippen LogP contribution in [-0.4, -0.2) is 82.2 Å². The van der Waals surface area contributed by atoms with E-state index in [1.807, 2.05) is 0 Å². The van der Waals surface area contributed by atoms with E-state index in [0.29, 0.717) is 17.6 Å². The summed E-state index contributed by atoms with van der Waals surface area (Å²) in [6, 6.07) is 10.2. The van der Waals surface area contributed by atoms with Crippen molar-refractivity contribution >= 4 is 18.5 Å². The molecule has 2 aromatic carbocycles. The van der Waals surface area contributed by atoms with Crippen molar-refractivity contribution in [2.45, 2.75) is 65.6 Å². The Bertz CT molecular complexity index is 979. The Hall–Kier alpha value is -1.65. The van der Waals surface area contributed by atoms with E-state index >= 15 is 0 Å². The second-order valence-corrected chi connectivity index (χ2v) is 13.9. The van der Waals surface area contributed by atoms with Gasteiger partial charge in [0.05, 0.1) is 27.4 Å². The molecule has 210 valence electrons. The molecule has 2 aromatic rings. The zero-order valence-electron chi connectivity index (χ0n) is 25.0. The molecule has 0 amide bonds. The minimum Gasteiger partial charge on any atom is -0.496 e. The molecule has 1 aliphatic heterocycles. The van der Waals surface area contributed by atoms with Crippen molar-refractivity contribution in [1.29, 1.82) is 0 Å². The smallest absolute Gasteiger partial charge is 0.124 e. The summed E-state index contributed by atoms with van der Waals surface area (Å²) in [5, 5.41) is 2.97. The minimum absolute atomic E-state index is 0.534. The molecule has 0 radical (unpaired) electrons. The summed E-state index contributed by atoms with van der Waals surface area (Å²) in [7, 11) is 5.38.